The Morgan fingerprint density at radius 2 is 2.14 bits per heavy atom. The van der Waals surface area contributed by atoms with Gasteiger partial charge in [0.2, 0.25) is 11.8 Å². The molecule has 0 aromatic carbocycles. The van der Waals surface area contributed by atoms with Gasteiger partial charge < -0.3 is 10.4 Å². The molecule has 22 heavy (non-hydrogen) atoms. The Balaban J connectivity index is 1.96. The first kappa shape index (κ1) is 15.6. The number of carbonyl (C=O) groups excluding carboxylic acids is 3. The zero-order chi connectivity index (χ0) is 16.4. The summed E-state index contributed by atoms with van der Waals surface area (Å²) in [6.45, 7) is 3.13. The molecule has 1 fully saturated rings. The van der Waals surface area contributed by atoms with E-state index < -0.39 is 23.8 Å². The van der Waals surface area contributed by atoms with E-state index in [4.69, 9.17) is 5.11 Å². The van der Waals surface area contributed by atoms with Crippen LogP contribution in [0.15, 0.2) is 6.20 Å². The van der Waals surface area contributed by atoms with Crippen molar-refractivity contribution >= 4 is 23.7 Å². The molecule has 2 rings (SSSR count). The third-order valence-electron chi connectivity index (χ3n) is 3.10. The van der Waals surface area contributed by atoms with Crippen molar-refractivity contribution in [2.45, 2.75) is 38.9 Å². The average molecular weight is 309 g/mol. The van der Waals surface area contributed by atoms with Crippen molar-refractivity contribution in [3.8, 4) is 0 Å². The summed E-state index contributed by atoms with van der Waals surface area (Å²) in [5, 5.41) is 18.0. The van der Waals surface area contributed by atoms with Gasteiger partial charge >= 0.3 is 5.97 Å². The van der Waals surface area contributed by atoms with Crippen molar-refractivity contribution in [1.29, 1.82) is 0 Å². The number of carbonyl (C=O) groups is 4. The maximum atomic E-state index is 12.0. The van der Waals surface area contributed by atoms with Crippen LogP contribution in [0, 0.1) is 0 Å². The van der Waals surface area contributed by atoms with Gasteiger partial charge in [-0.1, -0.05) is 5.21 Å². The van der Waals surface area contributed by atoms with Crippen molar-refractivity contribution < 1.29 is 24.3 Å². The zero-order valence-corrected chi connectivity index (χ0v) is 12.0. The molecule has 0 spiro atoms. The van der Waals surface area contributed by atoms with Gasteiger partial charge in [-0.15, -0.1) is 5.10 Å². The quantitative estimate of drug-likeness (QED) is 0.640. The van der Waals surface area contributed by atoms with Crippen molar-refractivity contribution in [3.63, 3.8) is 0 Å². The van der Waals surface area contributed by atoms with Gasteiger partial charge in [-0.05, 0) is 13.8 Å². The molecule has 2 N–H and O–H groups in total. The highest BCUT2D eigenvalue weighted by Gasteiger charge is 2.40. The van der Waals surface area contributed by atoms with E-state index in [1.807, 2.05) is 0 Å². The van der Waals surface area contributed by atoms with Crippen LogP contribution in [0.2, 0.25) is 0 Å². The summed E-state index contributed by atoms with van der Waals surface area (Å²) in [5.74, 6) is -2.59. The predicted molar refractivity (Wildman–Crippen MR) is 70.5 cm³/mol. The number of imide groups is 1. The highest BCUT2D eigenvalue weighted by Crippen LogP contribution is 2.16. The smallest absolute Gasteiger partial charge is 0.358 e. The minimum atomic E-state index is -1.25. The number of amides is 3. The molecule has 2 heterocycles. The van der Waals surface area contributed by atoms with E-state index >= 15 is 0 Å². The standard InChI is InChI=1S/C12H15N5O5/c1-6(2)17-10(19)3-7(11(17)20)13-9(18)5-16-4-8(12(21)22)14-15-16/h4,6-7H,3,5H2,1-2H3,(H,13,18)(H,21,22). The first-order chi connectivity index (χ1) is 10.3. The molecule has 0 bridgehead atoms. The number of hydrogen-bond donors (Lipinski definition) is 2. The molecule has 1 aliphatic rings. The molecule has 3 amide bonds. The number of aromatic nitrogens is 3. The maximum Gasteiger partial charge on any atom is 0.358 e. The number of hydrogen-bond acceptors (Lipinski definition) is 6. The molecule has 0 radical (unpaired) electrons. The molecule has 1 aromatic heterocycles. The number of nitrogens with one attached hydrogen (secondary N) is 1. The van der Waals surface area contributed by atoms with Gasteiger partial charge in [0.15, 0.2) is 5.69 Å². The zero-order valence-electron chi connectivity index (χ0n) is 12.0. The fourth-order valence-electron chi connectivity index (χ4n) is 2.17. The monoisotopic (exact) mass is 309 g/mol. The average Bonchev–Trinajstić information content (AvgIpc) is 2.95. The Morgan fingerprint density at radius 3 is 2.64 bits per heavy atom. The fraction of sp³-hybridized carbons (Fsp3) is 0.500. The topological polar surface area (TPSA) is 134 Å². The molecule has 10 nitrogen and oxygen atoms in total. The van der Waals surface area contributed by atoms with Crippen LogP contribution in [-0.2, 0) is 20.9 Å². The van der Waals surface area contributed by atoms with Gasteiger partial charge in [0.25, 0.3) is 5.91 Å². The predicted octanol–water partition coefficient (Wildman–Crippen LogP) is -1.37. The third-order valence-corrected chi connectivity index (χ3v) is 3.10. The van der Waals surface area contributed by atoms with Crippen LogP contribution in [-0.4, -0.2) is 60.8 Å². The van der Waals surface area contributed by atoms with E-state index in [0.717, 1.165) is 15.8 Å². The molecular formula is C12H15N5O5. The van der Waals surface area contributed by atoms with Gasteiger partial charge in [0.1, 0.15) is 12.6 Å². The summed E-state index contributed by atoms with van der Waals surface area (Å²) < 4.78 is 1.04. The molecule has 10 heteroatoms. The van der Waals surface area contributed by atoms with E-state index in [1.165, 1.54) is 0 Å². The molecule has 1 unspecified atom stereocenters. The molecule has 0 saturated carbocycles. The van der Waals surface area contributed by atoms with Crippen molar-refractivity contribution in [2.75, 3.05) is 0 Å². The second-order valence-corrected chi connectivity index (χ2v) is 5.13. The minimum Gasteiger partial charge on any atom is -0.476 e. The Labute approximate surface area is 125 Å². The first-order valence-corrected chi connectivity index (χ1v) is 6.58. The van der Waals surface area contributed by atoms with E-state index in [2.05, 4.69) is 15.6 Å². The highest BCUT2D eigenvalue weighted by atomic mass is 16.4. The lowest BCUT2D eigenvalue weighted by Crippen LogP contribution is -2.44. The third kappa shape index (κ3) is 3.10. The van der Waals surface area contributed by atoms with Crippen LogP contribution in [0.1, 0.15) is 30.8 Å². The maximum absolute atomic E-state index is 12.0. The van der Waals surface area contributed by atoms with Gasteiger partial charge in [-0.25, -0.2) is 9.48 Å². The number of rotatable bonds is 5. The Morgan fingerprint density at radius 1 is 1.45 bits per heavy atom. The normalized spacial score (nSPS) is 18.1. The van der Waals surface area contributed by atoms with Gasteiger partial charge in [-0.3, -0.25) is 19.3 Å². The van der Waals surface area contributed by atoms with Crippen molar-refractivity contribution in [3.05, 3.63) is 11.9 Å². The Hall–Kier alpha value is -2.78. The number of nitrogens with zero attached hydrogens (tertiary/aromatic N) is 4. The molecular weight excluding hydrogens is 294 g/mol. The van der Waals surface area contributed by atoms with Crippen LogP contribution in [0.5, 0.6) is 0 Å². The van der Waals surface area contributed by atoms with E-state index in [9.17, 15) is 19.2 Å². The number of carboxylic acid groups (broad SMARTS) is 1. The molecule has 118 valence electrons. The molecule has 1 atom stereocenters. The van der Waals surface area contributed by atoms with Gasteiger partial charge in [0, 0.05) is 6.04 Å². The van der Waals surface area contributed by atoms with E-state index in [-0.39, 0.29) is 30.6 Å². The lowest BCUT2D eigenvalue weighted by molar-refractivity contribution is -0.141. The van der Waals surface area contributed by atoms with Crippen LogP contribution in [0.4, 0.5) is 0 Å². The second kappa shape index (κ2) is 5.92. The van der Waals surface area contributed by atoms with Crippen LogP contribution < -0.4 is 5.32 Å². The first-order valence-electron chi connectivity index (χ1n) is 6.58. The number of aromatic carboxylic acids is 1. The fourth-order valence-corrected chi connectivity index (χ4v) is 2.17. The summed E-state index contributed by atoms with van der Waals surface area (Å²) >= 11 is 0. The van der Waals surface area contributed by atoms with E-state index in [1.54, 1.807) is 13.8 Å². The summed E-state index contributed by atoms with van der Waals surface area (Å²) in [6.07, 6.45) is 1.02. The highest BCUT2D eigenvalue weighted by molar-refractivity contribution is 6.07. The SMILES string of the molecule is CC(C)N1C(=O)CC(NC(=O)Cn2cc(C(=O)O)nn2)C1=O. The van der Waals surface area contributed by atoms with Crippen LogP contribution in [0.25, 0.3) is 0 Å². The largest absolute Gasteiger partial charge is 0.476 e. The summed E-state index contributed by atoms with van der Waals surface area (Å²) in [6, 6.07) is -1.17. The molecule has 1 saturated heterocycles. The lowest BCUT2D eigenvalue weighted by Gasteiger charge is -2.19. The van der Waals surface area contributed by atoms with Gasteiger partial charge in [0.05, 0.1) is 12.6 Å². The number of likely N-dealkylation sites (tertiary alicyclic amines) is 1. The second-order valence-electron chi connectivity index (χ2n) is 5.13. The Bertz CT molecular complexity index is 638. The number of carboxylic acids is 1. The minimum absolute atomic E-state index is 0.0829. The van der Waals surface area contributed by atoms with E-state index in [0.29, 0.717) is 0 Å². The van der Waals surface area contributed by atoms with Crippen molar-refractivity contribution in [2.24, 2.45) is 0 Å². The lowest BCUT2D eigenvalue weighted by atomic mass is 10.2. The summed E-state index contributed by atoms with van der Waals surface area (Å²) in [7, 11) is 0. The molecule has 1 aromatic rings. The van der Waals surface area contributed by atoms with Crippen LogP contribution in [0.3, 0.4) is 0 Å². The Kier molecular flexibility index (Phi) is 4.20. The van der Waals surface area contributed by atoms with Crippen molar-refractivity contribution in [1.82, 2.24) is 25.2 Å². The van der Waals surface area contributed by atoms with Crippen LogP contribution >= 0.6 is 0 Å². The molecule has 1 aliphatic heterocycles. The van der Waals surface area contributed by atoms with Gasteiger partial charge in [-0.2, -0.15) is 0 Å². The molecule has 0 aliphatic carbocycles. The summed E-state index contributed by atoms with van der Waals surface area (Å²) in [5.41, 5.74) is -0.286. The summed E-state index contributed by atoms with van der Waals surface area (Å²) in [4.78, 5) is 47.3.